The molecule has 0 fully saturated rings. The van der Waals surface area contributed by atoms with E-state index in [2.05, 4.69) is 17.4 Å². The van der Waals surface area contributed by atoms with E-state index in [0.717, 1.165) is 42.5 Å². The molecule has 0 aliphatic heterocycles. The normalized spacial score (nSPS) is 10.9. The zero-order valence-corrected chi connectivity index (χ0v) is 19.3. The third-order valence-electron chi connectivity index (χ3n) is 6.07. The molecule has 0 atom stereocenters. The van der Waals surface area contributed by atoms with Crippen molar-refractivity contribution >= 4 is 11.6 Å². The molecular formula is C27H31FN2O2. The van der Waals surface area contributed by atoms with Crippen LogP contribution in [0.4, 0.5) is 10.1 Å². The second-order valence-electron chi connectivity index (χ2n) is 8.04. The Bertz CT molecular complexity index is 1140. The Labute approximate surface area is 189 Å². The zero-order valence-electron chi connectivity index (χ0n) is 19.3. The molecule has 0 aliphatic carbocycles. The van der Waals surface area contributed by atoms with Crippen LogP contribution < -0.4 is 10.7 Å². The highest BCUT2D eigenvalue weighted by Gasteiger charge is 2.23. The summed E-state index contributed by atoms with van der Waals surface area (Å²) in [5.74, 6) is -1.42. The summed E-state index contributed by atoms with van der Waals surface area (Å²) in [6.07, 6.45) is 3.09. The van der Waals surface area contributed by atoms with Crippen molar-refractivity contribution in [2.75, 3.05) is 5.32 Å². The summed E-state index contributed by atoms with van der Waals surface area (Å²) in [5.41, 5.74) is 3.69. The molecule has 3 rings (SSSR count). The monoisotopic (exact) mass is 434 g/mol. The zero-order chi connectivity index (χ0) is 23.3. The van der Waals surface area contributed by atoms with E-state index in [9.17, 15) is 14.0 Å². The van der Waals surface area contributed by atoms with Gasteiger partial charge in [0.25, 0.3) is 5.91 Å². The summed E-state index contributed by atoms with van der Waals surface area (Å²) in [7, 11) is 0. The molecule has 1 N–H and O–H groups in total. The summed E-state index contributed by atoms with van der Waals surface area (Å²) < 4.78 is 16.6. The van der Waals surface area contributed by atoms with E-state index in [1.54, 1.807) is 18.4 Å². The highest BCUT2D eigenvalue weighted by molar-refractivity contribution is 6.05. The molecule has 4 nitrogen and oxygen atoms in total. The molecule has 2 aromatic carbocycles. The van der Waals surface area contributed by atoms with Crippen LogP contribution in [0.1, 0.15) is 58.7 Å². The van der Waals surface area contributed by atoms with Gasteiger partial charge in [-0.15, -0.1) is 0 Å². The average molecular weight is 435 g/mol. The molecule has 5 heteroatoms. The van der Waals surface area contributed by atoms with Crippen molar-refractivity contribution in [2.45, 2.75) is 59.9 Å². The minimum Gasteiger partial charge on any atom is -0.345 e. The maximum atomic E-state index is 14.9. The van der Waals surface area contributed by atoms with Crippen LogP contribution in [0.5, 0.6) is 0 Å². The van der Waals surface area contributed by atoms with E-state index in [-0.39, 0.29) is 11.3 Å². The first-order valence-electron chi connectivity index (χ1n) is 11.2. The van der Waals surface area contributed by atoms with Crippen LogP contribution >= 0.6 is 0 Å². The van der Waals surface area contributed by atoms with Crippen molar-refractivity contribution in [1.82, 2.24) is 4.57 Å². The first-order valence-corrected chi connectivity index (χ1v) is 11.2. The third kappa shape index (κ3) is 4.82. The lowest BCUT2D eigenvalue weighted by Crippen LogP contribution is -2.30. The van der Waals surface area contributed by atoms with Gasteiger partial charge in [0.05, 0.1) is 5.69 Å². The highest BCUT2D eigenvalue weighted by Crippen LogP contribution is 2.24. The van der Waals surface area contributed by atoms with Crippen molar-refractivity contribution in [1.29, 1.82) is 0 Å². The summed E-state index contributed by atoms with van der Waals surface area (Å²) in [6, 6.07) is 15.9. The number of aromatic nitrogens is 1. The number of amides is 1. The Morgan fingerprint density at radius 1 is 0.938 bits per heavy atom. The fraction of sp³-hybridized carbons (Fsp3) is 0.333. The third-order valence-corrected chi connectivity index (χ3v) is 6.07. The minimum atomic E-state index is -0.861. The number of nitrogens with zero attached hydrogens (tertiary/aromatic N) is 1. The molecule has 1 amide bonds. The average Bonchev–Trinajstić information content (AvgIpc) is 2.80. The van der Waals surface area contributed by atoms with Gasteiger partial charge in [-0.3, -0.25) is 9.59 Å². The molecule has 32 heavy (non-hydrogen) atoms. The van der Waals surface area contributed by atoms with Gasteiger partial charge >= 0.3 is 0 Å². The van der Waals surface area contributed by atoms with Crippen LogP contribution in [0.3, 0.4) is 0 Å². The first kappa shape index (κ1) is 23.5. The van der Waals surface area contributed by atoms with Crippen molar-refractivity contribution in [3.05, 3.63) is 98.2 Å². The van der Waals surface area contributed by atoms with Gasteiger partial charge < -0.3 is 9.88 Å². The largest absolute Gasteiger partial charge is 0.345 e. The van der Waals surface area contributed by atoms with E-state index in [4.69, 9.17) is 0 Å². The number of hydrogen-bond acceptors (Lipinski definition) is 2. The number of anilines is 1. The summed E-state index contributed by atoms with van der Waals surface area (Å²) >= 11 is 0. The first-order chi connectivity index (χ1) is 15.4. The van der Waals surface area contributed by atoms with Crippen LogP contribution in [-0.4, -0.2) is 10.5 Å². The fourth-order valence-corrected chi connectivity index (χ4v) is 4.21. The molecule has 0 bridgehead atoms. The molecular weight excluding hydrogens is 403 g/mol. The van der Waals surface area contributed by atoms with E-state index in [0.29, 0.717) is 12.2 Å². The second-order valence-corrected chi connectivity index (χ2v) is 8.04. The Balaban J connectivity index is 1.93. The molecule has 1 aromatic heterocycles. The standard InChI is InChI=1S/C27H31FN2O2/c1-5-21-15-10-16-22(6-2)25(21)29-27(32)23-18(3)30(19(4)24(28)26(23)31)17-11-14-20-12-8-7-9-13-20/h7-10,12-13,15-16H,5-6,11,14,17H2,1-4H3,(H,29,32). The molecule has 0 saturated heterocycles. The molecule has 1 heterocycles. The predicted molar refractivity (Wildman–Crippen MR) is 128 cm³/mol. The summed E-state index contributed by atoms with van der Waals surface area (Å²) in [4.78, 5) is 26.0. The second kappa shape index (κ2) is 10.4. The molecule has 0 saturated carbocycles. The van der Waals surface area contributed by atoms with Gasteiger partial charge in [-0.25, -0.2) is 4.39 Å². The lowest BCUT2D eigenvalue weighted by molar-refractivity contribution is 0.102. The highest BCUT2D eigenvalue weighted by atomic mass is 19.1. The Kier molecular flexibility index (Phi) is 7.62. The Morgan fingerprint density at radius 3 is 2.16 bits per heavy atom. The quantitative estimate of drug-likeness (QED) is 0.501. The molecule has 168 valence electrons. The van der Waals surface area contributed by atoms with E-state index in [1.165, 1.54) is 5.56 Å². The number of carbonyl (C=O) groups is 1. The molecule has 0 aliphatic rings. The summed E-state index contributed by atoms with van der Waals surface area (Å²) in [6.45, 7) is 7.87. The maximum Gasteiger partial charge on any atom is 0.261 e. The van der Waals surface area contributed by atoms with Crippen molar-refractivity contribution in [2.24, 2.45) is 0 Å². The Morgan fingerprint density at radius 2 is 1.56 bits per heavy atom. The number of nitrogens with one attached hydrogen (secondary N) is 1. The maximum absolute atomic E-state index is 14.9. The lowest BCUT2D eigenvalue weighted by Gasteiger charge is -2.19. The number of hydrogen-bond donors (Lipinski definition) is 1. The molecule has 3 aromatic rings. The number of para-hydroxylation sites is 1. The van der Waals surface area contributed by atoms with Crippen LogP contribution in [0.25, 0.3) is 0 Å². The topological polar surface area (TPSA) is 51.1 Å². The van der Waals surface area contributed by atoms with Gasteiger partial charge in [0.1, 0.15) is 5.56 Å². The lowest BCUT2D eigenvalue weighted by atomic mass is 10.0. The van der Waals surface area contributed by atoms with Crippen molar-refractivity contribution in [3.63, 3.8) is 0 Å². The van der Waals surface area contributed by atoms with Gasteiger partial charge in [0, 0.05) is 17.9 Å². The number of carbonyl (C=O) groups excluding carboxylic acids is 1. The van der Waals surface area contributed by atoms with Crippen LogP contribution in [0, 0.1) is 19.7 Å². The number of benzene rings is 2. The fourth-order valence-electron chi connectivity index (χ4n) is 4.21. The molecule has 0 radical (unpaired) electrons. The minimum absolute atomic E-state index is 0.124. The number of aryl methyl sites for hydroxylation is 3. The van der Waals surface area contributed by atoms with Crippen LogP contribution in [-0.2, 0) is 25.8 Å². The smallest absolute Gasteiger partial charge is 0.261 e. The van der Waals surface area contributed by atoms with E-state index < -0.39 is 17.2 Å². The van der Waals surface area contributed by atoms with Gasteiger partial charge in [-0.05, 0) is 56.2 Å². The van der Waals surface area contributed by atoms with Gasteiger partial charge in [0.2, 0.25) is 5.43 Å². The van der Waals surface area contributed by atoms with E-state index >= 15 is 0 Å². The van der Waals surface area contributed by atoms with Crippen LogP contribution in [0.2, 0.25) is 0 Å². The van der Waals surface area contributed by atoms with Gasteiger partial charge in [-0.2, -0.15) is 0 Å². The van der Waals surface area contributed by atoms with Crippen molar-refractivity contribution in [3.8, 4) is 0 Å². The van der Waals surface area contributed by atoms with Gasteiger partial charge in [0.15, 0.2) is 5.82 Å². The number of halogens is 1. The number of rotatable bonds is 8. The summed E-state index contributed by atoms with van der Waals surface area (Å²) in [5, 5.41) is 2.92. The van der Waals surface area contributed by atoms with E-state index in [1.807, 2.05) is 50.2 Å². The van der Waals surface area contributed by atoms with Crippen molar-refractivity contribution < 1.29 is 9.18 Å². The van der Waals surface area contributed by atoms with Gasteiger partial charge in [-0.1, -0.05) is 62.4 Å². The SMILES string of the molecule is CCc1cccc(CC)c1NC(=O)c1c(C)n(CCCc2ccccc2)c(C)c(F)c1=O. The predicted octanol–water partition coefficient (Wildman–Crippen LogP) is 5.61. The number of pyridine rings is 1. The molecule has 0 spiro atoms. The Hall–Kier alpha value is -3.21. The molecule has 0 unspecified atom stereocenters. The van der Waals surface area contributed by atoms with Crippen LogP contribution in [0.15, 0.2) is 53.3 Å².